The molecule has 1 amide bonds. The Balaban J connectivity index is 1.27. The number of benzene rings is 3. The Labute approximate surface area is 219 Å². The summed E-state index contributed by atoms with van der Waals surface area (Å²) in [7, 11) is 2.48. The molecule has 194 valence electrons. The van der Waals surface area contributed by atoms with Crippen molar-refractivity contribution in [2.75, 3.05) is 32.5 Å². The summed E-state index contributed by atoms with van der Waals surface area (Å²) in [4.78, 5) is 38.9. The minimum absolute atomic E-state index is 0.0547. The third-order valence-corrected chi connectivity index (χ3v) is 6.52. The van der Waals surface area contributed by atoms with E-state index in [4.69, 9.17) is 18.9 Å². The number of hydrogen-bond acceptors (Lipinski definition) is 8. The van der Waals surface area contributed by atoms with Crippen LogP contribution in [0.1, 0.15) is 22.8 Å². The first-order valence-corrected chi connectivity index (χ1v) is 12.0. The van der Waals surface area contributed by atoms with Crippen molar-refractivity contribution < 1.29 is 33.3 Å². The van der Waals surface area contributed by atoms with Crippen molar-refractivity contribution in [3.05, 3.63) is 101 Å². The number of carbonyl (C=O) groups excluding carboxylic acids is 3. The molecule has 0 bridgehead atoms. The fraction of sp³-hybridized carbons (Fsp3) is 0.207. The number of fused-ring (bicyclic) bond motifs is 3. The molecule has 9 heteroatoms. The van der Waals surface area contributed by atoms with Crippen molar-refractivity contribution in [1.82, 2.24) is 5.32 Å². The highest BCUT2D eigenvalue weighted by atomic mass is 16.6. The van der Waals surface area contributed by atoms with Crippen molar-refractivity contribution in [1.29, 1.82) is 0 Å². The first-order valence-electron chi connectivity index (χ1n) is 12.0. The number of ether oxygens (including phenoxy) is 4. The van der Waals surface area contributed by atoms with Crippen LogP contribution in [0.3, 0.4) is 0 Å². The molecular weight excluding hydrogens is 488 g/mol. The van der Waals surface area contributed by atoms with Gasteiger partial charge in [0.2, 0.25) is 0 Å². The van der Waals surface area contributed by atoms with E-state index >= 15 is 0 Å². The molecule has 0 unspecified atom stereocenters. The van der Waals surface area contributed by atoms with Crippen LogP contribution in [0, 0.1) is 0 Å². The maximum atomic E-state index is 12.7. The molecule has 1 aliphatic carbocycles. The van der Waals surface area contributed by atoms with Gasteiger partial charge < -0.3 is 29.2 Å². The van der Waals surface area contributed by atoms with Crippen molar-refractivity contribution in [2.24, 2.45) is 0 Å². The summed E-state index contributed by atoms with van der Waals surface area (Å²) in [6, 6.07) is 22.9. The zero-order valence-electron chi connectivity index (χ0n) is 20.9. The van der Waals surface area contributed by atoms with Crippen LogP contribution in [0.4, 0.5) is 10.5 Å². The molecule has 0 saturated heterocycles. The van der Waals surface area contributed by atoms with Crippen LogP contribution in [-0.4, -0.2) is 45.6 Å². The highest BCUT2D eigenvalue weighted by Crippen LogP contribution is 2.45. The molecule has 0 spiro atoms. The number of methoxy groups -OCH3 is 2. The third kappa shape index (κ3) is 4.71. The minimum Gasteiger partial charge on any atom is -0.466 e. The van der Waals surface area contributed by atoms with Crippen molar-refractivity contribution in [3.63, 3.8) is 0 Å². The quantitative estimate of drug-likeness (QED) is 0.388. The number of carbonyl (C=O) groups is 3. The normalized spacial score (nSPS) is 14.4. The molecule has 3 aromatic carbocycles. The molecule has 5 rings (SSSR count). The summed E-state index contributed by atoms with van der Waals surface area (Å²) in [6.07, 6.45) is -1.01. The second-order valence-electron chi connectivity index (χ2n) is 8.70. The van der Waals surface area contributed by atoms with Gasteiger partial charge in [0.15, 0.2) is 6.10 Å². The van der Waals surface area contributed by atoms with Crippen LogP contribution in [0.15, 0.2) is 84.1 Å². The fourth-order valence-corrected chi connectivity index (χ4v) is 4.70. The number of nitrogens with one attached hydrogen (secondary N) is 1. The van der Waals surface area contributed by atoms with Gasteiger partial charge in [-0.2, -0.15) is 0 Å². The second-order valence-corrected chi connectivity index (χ2v) is 8.70. The number of rotatable bonds is 6. The minimum atomic E-state index is -0.669. The molecule has 0 saturated carbocycles. The van der Waals surface area contributed by atoms with E-state index in [2.05, 4.69) is 5.32 Å². The first-order chi connectivity index (χ1) is 18.5. The van der Waals surface area contributed by atoms with Crippen LogP contribution < -0.4 is 10.2 Å². The Bertz CT molecular complexity index is 1370. The average Bonchev–Trinajstić information content (AvgIpc) is 3.28. The zero-order valence-corrected chi connectivity index (χ0v) is 20.9. The van der Waals surface area contributed by atoms with E-state index in [1.807, 2.05) is 48.5 Å². The largest absolute Gasteiger partial charge is 0.466 e. The van der Waals surface area contributed by atoms with Gasteiger partial charge in [0, 0.05) is 23.4 Å². The van der Waals surface area contributed by atoms with Gasteiger partial charge in [-0.25, -0.2) is 14.4 Å². The summed E-state index contributed by atoms with van der Waals surface area (Å²) in [6.45, 7) is 0.228. The molecule has 2 aliphatic rings. The lowest BCUT2D eigenvalue weighted by Gasteiger charge is -2.31. The number of alkyl carbamates (subject to hydrolysis) is 1. The van der Waals surface area contributed by atoms with Crippen LogP contribution in [0.2, 0.25) is 0 Å². The first kappa shape index (κ1) is 25.0. The summed E-state index contributed by atoms with van der Waals surface area (Å²) in [5.74, 6) is -1.33. The van der Waals surface area contributed by atoms with Gasteiger partial charge in [-0.1, -0.05) is 60.7 Å². The van der Waals surface area contributed by atoms with E-state index in [0.717, 1.165) is 27.8 Å². The fourth-order valence-electron chi connectivity index (χ4n) is 4.70. The van der Waals surface area contributed by atoms with Crippen LogP contribution in [0.25, 0.3) is 11.1 Å². The van der Waals surface area contributed by atoms with Crippen LogP contribution >= 0.6 is 0 Å². The maximum absolute atomic E-state index is 12.7. The van der Waals surface area contributed by atoms with Gasteiger partial charge >= 0.3 is 18.0 Å². The van der Waals surface area contributed by atoms with Crippen molar-refractivity contribution in [2.45, 2.75) is 12.6 Å². The molecule has 38 heavy (non-hydrogen) atoms. The average molecular weight is 515 g/mol. The lowest BCUT2D eigenvalue weighted by Crippen LogP contribution is -2.38. The van der Waals surface area contributed by atoms with Gasteiger partial charge in [0.05, 0.1) is 26.4 Å². The summed E-state index contributed by atoms with van der Waals surface area (Å²) in [5, 5.41) is 2.81. The number of esters is 2. The Hall–Kier alpha value is -4.63. The van der Waals surface area contributed by atoms with E-state index in [9.17, 15) is 14.4 Å². The van der Waals surface area contributed by atoms with Gasteiger partial charge in [0.25, 0.3) is 0 Å². The predicted molar refractivity (Wildman–Crippen MR) is 138 cm³/mol. The highest BCUT2D eigenvalue weighted by molar-refractivity contribution is 6.03. The molecule has 0 radical (unpaired) electrons. The zero-order chi connectivity index (χ0) is 26.6. The topological polar surface area (TPSA) is 103 Å². The van der Waals surface area contributed by atoms with Crippen molar-refractivity contribution in [3.8, 4) is 11.1 Å². The molecule has 0 aromatic heterocycles. The van der Waals surface area contributed by atoms with E-state index in [1.165, 1.54) is 14.2 Å². The predicted octanol–water partition coefficient (Wildman–Crippen LogP) is 4.08. The van der Waals surface area contributed by atoms with E-state index in [1.54, 1.807) is 29.2 Å². The molecule has 1 N–H and O–H groups in total. The summed E-state index contributed by atoms with van der Waals surface area (Å²) < 4.78 is 21.0. The molecular formula is C29H26N2O7. The molecule has 1 aliphatic heterocycles. The number of hydrogen-bond donors (Lipinski definition) is 1. The van der Waals surface area contributed by atoms with Crippen LogP contribution in [0.5, 0.6) is 0 Å². The number of nitrogens with zero attached hydrogens (tertiary/aromatic N) is 1. The van der Waals surface area contributed by atoms with Gasteiger partial charge in [-0.15, -0.1) is 0 Å². The number of amides is 1. The van der Waals surface area contributed by atoms with E-state index in [0.29, 0.717) is 5.69 Å². The maximum Gasteiger partial charge on any atom is 0.408 e. The van der Waals surface area contributed by atoms with Gasteiger partial charge in [0.1, 0.15) is 12.4 Å². The number of anilines is 1. The Morgan fingerprint density at radius 2 is 1.47 bits per heavy atom. The standard InChI is InChI=1S/C29H26N2O7/c1-35-27(32)24-16-37-17-31(25(24)28(33)36-2)19-13-11-18(12-14-19)15-30-29(34)38-26-22-9-5-3-7-20(22)21-8-4-6-10-23(21)26/h3-14,26H,15-17H2,1-2H3,(H,30,34). The van der Waals surface area contributed by atoms with Gasteiger partial charge in [-0.05, 0) is 28.8 Å². The Kier molecular flexibility index (Phi) is 7.10. The molecule has 0 atom stereocenters. The van der Waals surface area contributed by atoms with Crippen LogP contribution in [-0.2, 0) is 35.1 Å². The highest BCUT2D eigenvalue weighted by Gasteiger charge is 2.33. The molecule has 3 aromatic rings. The monoisotopic (exact) mass is 514 g/mol. The SMILES string of the molecule is COC(=O)C1=C(C(=O)OC)N(c2ccc(CNC(=O)OC3c4ccccc4-c4ccccc43)cc2)COC1. The lowest BCUT2D eigenvalue weighted by atomic mass is 10.1. The summed E-state index contributed by atoms with van der Waals surface area (Å²) >= 11 is 0. The Morgan fingerprint density at radius 1 is 0.868 bits per heavy atom. The molecule has 0 fully saturated rings. The van der Waals surface area contributed by atoms with E-state index in [-0.39, 0.29) is 31.2 Å². The summed E-state index contributed by atoms with van der Waals surface area (Å²) in [5.41, 5.74) is 5.61. The van der Waals surface area contributed by atoms with Gasteiger partial charge in [-0.3, -0.25) is 0 Å². The lowest BCUT2D eigenvalue weighted by molar-refractivity contribution is -0.140. The van der Waals surface area contributed by atoms with E-state index < -0.39 is 24.1 Å². The Morgan fingerprint density at radius 3 is 2.08 bits per heavy atom. The second kappa shape index (κ2) is 10.8. The third-order valence-electron chi connectivity index (χ3n) is 6.52. The molecule has 1 heterocycles. The smallest absolute Gasteiger partial charge is 0.408 e. The van der Waals surface area contributed by atoms with Crippen molar-refractivity contribution >= 4 is 23.7 Å². The molecule has 9 nitrogen and oxygen atoms in total.